The van der Waals surface area contributed by atoms with Crippen LogP contribution in [0.4, 0.5) is 0 Å². The summed E-state index contributed by atoms with van der Waals surface area (Å²) in [6.07, 6.45) is 0. The summed E-state index contributed by atoms with van der Waals surface area (Å²) >= 11 is 7.03. The summed E-state index contributed by atoms with van der Waals surface area (Å²) in [5.41, 5.74) is 1.95. The van der Waals surface area contributed by atoms with Gasteiger partial charge in [-0.2, -0.15) is 11.8 Å². The monoisotopic (exact) mass is 384 g/mol. The minimum Gasteiger partial charge on any atom is -0.497 e. The number of benzene rings is 1. The maximum Gasteiger partial charge on any atom is 0.214 e. The lowest BCUT2D eigenvalue weighted by Crippen LogP contribution is -1.96. The molecular formula is C17H20O2S4. The lowest BCUT2D eigenvalue weighted by atomic mass is 10.2. The minimum absolute atomic E-state index is 0.107. The standard InChI is InChI=1S/C17H20O2S4/c1-12(2)16(18)21-9-8-20-10-15-11-22-17(23-15)13-4-6-14(19-3)7-5-13/h4-7,11,17H,1,8-10H2,2-3H3. The van der Waals surface area contributed by atoms with Gasteiger partial charge in [0.15, 0.2) is 0 Å². The number of rotatable bonds is 8. The molecule has 0 N–H and O–H groups in total. The third kappa shape index (κ3) is 6.18. The first kappa shape index (κ1) is 18.9. The van der Waals surface area contributed by atoms with Crippen LogP contribution in [0.1, 0.15) is 17.1 Å². The molecule has 0 bridgehead atoms. The van der Waals surface area contributed by atoms with Crippen molar-refractivity contribution in [1.82, 2.24) is 0 Å². The normalized spacial score (nSPS) is 17.0. The molecule has 1 aliphatic rings. The summed E-state index contributed by atoms with van der Waals surface area (Å²) in [5, 5.41) is 2.37. The Labute approximate surface area is 155 Å². The van der Waals surface area contributed by atoms with Gasteiger partial charge in [-0.05, 0) is 35.6 Å². The Morgan fingerprint density at radius 2 is 2.04 bits per heavy atom. The van der Waals surface area contributed by atoms with Gasteiger partial charge in [-0.1, -0.05) is 30.5 Å². The minimum atomic E-state index is 0.107. The van der Waals surface area contributed by atoms with Gasteiger partial charge in [0, 0.05) is 22.2 Å². The third-order valence-electron chi connectivity index (χ3n) is 3.02. The van der Waals surface area contributed by atoms with Crippen LogP contribution < -0.4 is 4.74 Å². The van der Waals surface area contributed by atoms with Crippen LogP contribution in [0.5, 0.6) is 5.75 Å². The number of carbonyl (C=O) groups is 1. The molecule has 0 saturated carbocycles. The van der Waals surface area contributed by atoms with E-state index in [-0.39, 0.29) is 5.12 Å². The SMILES string of the molecule is C=C(C)C(=O)SCCSCC1=CSC(c2ccc(OC)cc2)S1. The van der Waals surface area contributed by atoms with Gasteiger partial charge in [-0.25, -0.2) is 0 Å². The molecule has 1 aromatic carbocycles. The predicted molar refractivity (Wildman–Crippen MR) is 109 cm³/mol. The number of hydrogen-bond donors (Lipinski definition) is 0. The van der Waals surface area contributed by atoms with Crippen LogP contribution in [0.25, 0.3) is 0 Å². The average Bonchev–Trinajstić information content (AvgIpc) is 3.03. The highest BCUT2D eigenvalue weighted by Gasteiger charge is 2.20. The number of methoxy groups -OCH3 is 1. The number of carbonyl (C=O) groups excluding carboxylic acids is 1. The molecule has 0 aliphatic carbocycles. The van der Waals surface area contributed by atoms with Crippen molar-refractivity contribution >= 4 is 52.2 Å². The number of thioether (sulfide) groups is 4. The fourth-order valence-electron chi connectivity index (χ4n) is 1.80. The van der Waals surface area contributed by atoms with E-state index in [0.29, 0.717) is 10.2 Å². The second kappa shape index (κ2) is 9.77. The highest BCUT2D eigenvalue weighted by atomic mass is 32.2. The summed E-state index contributed by atoms with van der Waals surface area (Å²) in [4.78, 5) is 12.8. The van der Waals surface area contributed by atoms with Crippen LogP contribution in [0.3, 0.4) is 0 Å². The first-order valence-corrected chi connectivity index (χ1v) is 11.1. The molecule has 124 valence electrons. The van der Waals surface area contributed by atoms with E-state index in [4.69, 9.17) is 4.74 Å². The fourth-order valence-corrected chi connectivity index (χ4v) is 6.48. The van der Waals surface area contributed by atoms with E-state index in [9.17, 15) is 4.79 Å². The molecule has 0 spiro atoms. The number of hydrogen-bond acceptors (Lipinski definition) is 6. The van der Waals surface area contributed by atoms with Crippen molar-refractivity contribution in [2.24, 2.45) is 0 Å². The molecule has 0 amide bonds. The fraction of sp³-hybridized carbons (Fsp3) is 0.353. The molecule has 1 heterocycles. The van der Waals surface area contributed by atoms with E-state index < -0.39 is 0 Å². The van der Waals surface area contributed by atoms with E-state index in [1.807, 2.05) is 47.4 Å². The molecule has 1 aliphatic heterocycles. The summed E-state index contributed by atoms with van der Waals surface area (Å²) in [6, 6.07) is 8.29. The van der Waals surface area contributed by atoms with Gasteiger partial charge in [0.05, 0.1) is 11.7 Å². The van der Waals surface area contributed by atoms with Crippen LogP contribution in [-0.4, -0.2) is 29.5 Å². The third-order valence-corrected chi connectivity index (χ3v) is 8.25. The second-order valence-electron chi connectivity index (χ2n) is 4.91. The van der Waals surface area contributed by atoms with E-state index in [1.54, 1.807) is 14.0 Å². The first-order valence-electron chi connectivity index (χ1n) is 7.15. The number of ether oxygens (including phenoxy) is 1. The van der Waals surface area contributed by atoms with Gasteiger partial charge in [-0.15, -0.1) is 23.5 Å². The van der Waals surface area contributed by atoms with Gasteiger partial charge in [0.2, 0.25) is 5.12 Å². The Hall–Kier alpha value is -0.430. The lowest BCUT2D eigenvalue weighted by molar-refractivity contribution is -0.107. The Bertz CT molecular complexity index is 581. The summed E-state index contributed by atoms with van der Waals surface area (Å²) in [5.74, 6) is 3.75. The largest absolute Gasteiger partial charge is 0.497 e. The van der Waals surface area contributed by atoms with Gasteiger partial charge in [0.25, 0.3) is 0 Å². The van der Waals surface area contributed by atoms with Gasteiger partial charge in [0.1, 0.15) is 5.75 Å². The molecule has 1 unspecified atom stereocenters. The van der Waals surface area contributed by atoms with Gasteiger partial charge in [-0.3, -0.25) is 4.79 Å². The second-order valence-corrected chi connectivity index (χ2v) is 9.59. The zero-order valence-corrected chi connectivity index (χ0v) is 16.5. The van der Waals surface area contributed by atoms with Gasteiger partial charge >= 0.3 is 0 Å². The van der Waals surface area contributed by atoms with Crippen molar-refractivity contribution in [2.45, 2.75) is 11.5 Å². The van der Waals surface area contributed by atoms with Crippen LogP contribution in [0.2, 0.25) is 0 Å². The highest BCUT2D eigenvalue weighted by Crippen LogP contribution is 2.51. The Morgan fingerprint density at radius 1 is 1.30 bits per heavy atom. The lowest BCUT2D eigenvalue weighted by Gasteiger charge is -2.10. The Morgan fingerprint density at radius 3 is 2.70 bits per heavy atom. The smallest absolute Gasteiger partial charge is 0.214 e. The molecular weight excluding hydrogens is 364 g/mol. The molecule has 0 radical (unpaired) electrons. The molecule has 2 rings (SSSR count). The maximum absolute atomic E-state index is 11.4. The summed E-state index contributed by atoms with van der Waals surface area (Å²) in [6.45, 7) is 5.43. The van der Waals surface area contributed by atoms with Crippen molar-refractivity contribution in [3.63, 3.8) is 0 Å². The van der Waals surface area contributed by atoms with Crippen molar-refractivity contribution in [3.05, 3.63) is 52.3 Å². The molecule has 2 nitrogen and oxygen atoms in total. The molecule has 0 saturated heterocycles. The van der Waals surface area contributed by atoms with Crippen molar-refractivity contribution in [2.75, 3.05) is 24.4 Å². The van der Waals surface area contributed by atoms with Crippen LogP contribution in [0.15, 0.2) is 46.7 Å². The molecule has 1 atom stereocenters. The van der Waals surface area contributed by atoms with E-state index in [0.717, 1.165) is 23.0 Å². The quantitative estimate of drug-likeness (QED) is 0.428. The van der Waals surface area contributed by atoms with Crippen molar-refractivity contribution in [3.8, 4) is 5.75 Å². The Kier molecular flexibility index (Phi) is 8.03. The molecule has 0 aromatic heterocycles. The zero-order valence-electron chi connectivity index (χ0n) is 13.2. The zero-order chi connectivity index (χ0) is 16.7. The topological polar surface area (TPSA) is 26.3 Å². The van der Waals surface area contributed by atoms with E-state index in [2.05, 4.69) is 24.1 Å². The van der Waals surface area contributed by atoms with E-state index >= 15 is 0 Å². The van der Waals surface area contributed by atoms with Crippen LogP contribution in [0, 0.1) is 0 Å². The van der Waals surface area contributed by atoms with Crippen molar-refractivity contribution < 1.29 is 9.53 Å². The average molecular weight is 385 g/mol. The molecule has 0 fully saturated rings. The van der Waals surface area contributed by atoms with Crippen LogP contribution in [-0.2, 0) is 4.79 Å². The maximum atomic E-state index is 11.4. The van der Waals surface area contributed by atoms with Crippen molar-refractivity contribution in [1.29, 1.82) is 0 Å². The predicted octanol–water partition coefficient (Wildman–Crippen LogP) is 5.58. The molecule has 23 heavy (non-hydrogen) atoms. The highest BCUT2D eigenvalue weighted by molar-refractivity contribution is 8.22. The Balaban J connectivity index is 1.67. The van der Waals surface area contributed by atoms with Crippen LogP contribution >= 0.6 is 47.0 Å². The molecule has 6 heteroatoms. The molecule has 1 aromatic rings. The summed E-state index contributed by atoms with van der Waals surface area (Å²) in [7, 11) is 1.69. The first-order chi connectivity index (χ1) is 11.1. The van der Waals surface area contributed by atoms with Gasteiger partial charge < -0.3 is 4.74 Å². The van der Waals surface area contributed by atoms with E-state index in [1.165, 1.54) is 22.2 Å². The summed E-state index contributed by atoms with van der Waals surface area (Å²) < 4.78 is 5.64.